The van der Waals surface area contributed by atoms with E-state index in [4.69, 9.17) is 14.2 Å². The second kappa shape index (κ2) is 8.73. The zero-order valence-electron chi connectivity index (χ0n) is 15.6. The second-order valence-corrected chi connectivity index (χ2v) is 6.52. The molecule has 0 fully saturated rings. The lowest BCUT2D eigenvalue weighted by molar-refractivity contribution is 0.264. The van der Waals surface area contributed by atoms with Crippen LogP contribution in [0.25, 0.3) is 0 Å². The van der Waals surface area contributed by atoms with E-state index in [-0.39, 0.29) is 24.1 Å². The predicted molar refractivity (Wildman–Crippen MR) is 106 cm³/mol. The quantitative estimate of drug-likeness (QED) is 0.540. The monoisotopic (exact) mass is 395 g/mol. The molecule has 0 radical (unpaired) electrons. The fourth-order valence-electron chi connectivity index (χ4n) is 2.94. The highest BCUT2D eigenvalue weighted by molar-refractivity contribution is 5.95. The van der Waals surface area contributed by atoms with E-state index < -0.39 is 11.6 Å². The van der Waals surface area contributed by atoms with Gasteiger partial charge in [-0.2, -0.15) is 0 Å². The van der Waals surface area contributed by atoms with Crippen LogP contribution in [0.15, 0.2) is 77.8 Å². The Bertz CT molecular complexity index is 971. The van der Waals surface area contributed by atoms with Crippen LogP contribution in [-0.2, 0) is 4.74 Å². The van der Waals surface area contributed by atoms with E-state index in [1.165, 1.54) is 18.2 Å². The van der Waals surface area contributed by atoms with Crippen molar-refractivity contribution < 1.29 is 23.0 Å². The van der Waals surface area contributed by atoms with Crippen LogP contribution < -0.4 is 9.47 Å². The van der Waals surface area contributed by atoms with Gasteiger partial charge in [-0.05, 0) is 48.5 Å². The lowest BCUT2D eigenvalue weighted by Gasteiger charge is -2.09. The molecular weight excluding hydrogens is 376 g/mol. The van der Waals surface area contributed by atoms with Crippen molar-refractivity contribution in [3.63, 3.8) is 0 Å². The fraction of sp³-hybridized carbons (Fsp3) is 0.174. The van der Waals surface area contributed by atoms with E-state index in [1.54, 1.807) is 0 Å². The molecule has 1 unspecified atom stereocenters. The number of hydrogen-bond acceptors (Lipinski definition) is 4. The summed E-state index contributed by atoms with van der Waals surface area (Å²) < 4.78 is 44.5. The fourth-order valence-corrected chi connectivity index (χ4v) is 2.94. The van der Waals surface area contributed by atoms with E-state index in [0.717, 1.165) is 5.75 Å². The maximum absolute atomic E-state index is 13.8. The first-order chi connectivity index (χ1) is 14.2. The number of halogens is 2. The first kappa shape index (κ1) is 18.9. The lowest BCUT2D eigenvalue weighted by atomic mass is 10.2. The van der Waals surface area contributed by atoms with Crippen molar-refractivity contribution in [1.82, 2.24) is 0 Å². The first-order valence-corrected chi connectivity index (χ1v) is 9.30. The molecule has 0 saturated carbocycles. The molecule has 148 valence electrons. The van der Waals surface area contributed by atoms with Gasteiger partial charge >= 0.3 is 0 Å². The Kier molecular flexibility index (Phi) is 5.70. The first-order valence-electron chi connectivity index (χ1n) is 9.30. The molecular formula is C23H19F2NO3. The average Bonchev–Trinajstić information content (AvgIpc) is 3.18. The average molecular weight is 395 g/mol. The van der Waals surface area contributed by atoms with Crippen molar-refractivity contribution in [2.24, 2.45) is 4.99 Å². The Labute approximate surface area is 167 Å². The van der Waals surface area contributed by atoms with Crippen molar-refractivity contribution >= 4 is 5.90 Å². The Morgan fingerprint density at radius 2 is 1.48 bits per heavy atom. The molecule has 1 heterocycles. The summed E-state index contributed by atoms with van der Waals surface area (Å²) in [6.45, 7) is 0.680. The Hall–Kier alpha value is -3.41. The summed E-state index contributed by atoms with van der Waals surface area (Å²) >= 11 is 0. The number of hydrogen-bond donors (Lipinski definition) is 0. The molecule has 4 rings (SSSR count). The number of ether oxygens (including phenoxy) is 3. The van der Waals surface area contributed by atoms with Crippen LogP contribution >= 0.6 is 0 Å². The third-order valence-electron chi connectivity index (χ3n) is 4.41. The molecule has 3 aromatic carbocycles. The summed E-state index contributed by atoms with van der Waals surface area (Å²) in [5.41, 5.74) is -0.218. The summed E-state index contributed by atoms with van der Waals surface area (Å²) in [4.78, 5) is 4.29. The number of rotatable bonds is 7. The maximum Gasteiger partial charge on any atom is 0.222 e. The van der Waals surface area contributed by atoms with E-state index >= 15 is 0 Å². The third kappa shape index (κ3) is 4.71. The molecule has 0 spiro atoms. The zero-order chi connectivity index (χ0) is 20.1. The van der Waals surface area contributed by atoms with E-state index in [2.05, 4.69) is 4.99 Å². The number of nitrogens with zero attached hydrogens (tertiary/aromatic N) is 1. The summed E-state index contributed by atoms with van der Waals surface area (Å²) in [6.07, 6.45) is 0.571. The Morgan fingerprint density at radius 1 is 0.828 bits per heavy atom. The van der Waals surface area contributed by atoms with Gasteiger partial charge in [0.15, 0.2) is 0 Å². The molecule has 1 aliphatic rings. The van der Waals surface area contributed by atoms with Crippen LogP contribution in [0.5, 0.6) is 17.2 Å². The van der Waals surface area contributed by atoms with Gasteiger partial charge in [-0.1, -0.05) is 24.3 Å². The predicted octanol–water partition coefficient (Wildman–Crippen LogP) is 5.37. The summed E-state index contributed by atoms with van der Waals surface area (Å²) in [6, 6.07) is 20.3. The van der Waals surface area contributed by atoms with Crippen molar-refractivity contribution in [1.29, 1.82) is 0 Å². The van der Waals surface area contributed by atoms with Crippen molar-refractivity contribution in [2.45, 2.75) is 12.5 Å². The highest BCUT2D eigenvalue weighted by atomic mass is 19.1. The molecule has 0 saturated heterocycles. The summed E-state index contributed by atoms with van der Waals surface area (Å²) in [7, 11) is 0. The molecule has 0 aliphatic carbocycles. The van der Waals surface area contributed by atoms with Crippen molar-refractivity contribution in [2.75, 3.05) is 13.2 Å². The van der Waals surface area contributed by atoms with Gasteiger partial charge in [0, 0.05) is 6.42 Å². The number of aliphatic imine (C=N–C) groups is 1. The number of para-hydroxylation sites is 1. The Morgan fingerprint density at radius 3 is 2.21 bits per heavy atom. The largest absolute Gasteiger partial charge is 0.494 e. The minimum absolute atomic E-state index is 0.00742. The van der Waals surface area contributed by atoms with Crippen LogP contribution in [-0.4, -0.2) is 25.2 Å². The SMILES string of the molecule is Fc1cccc(F)c1C1=NC(CCOc2ccc(Oc3ccccc3)cc2)CO1. The molecule has 29 heavy (non-hydrogen) atoms. The van der Waals surface area contributed by atoms with E-state index in [9.17, 15) is 8.78 Å². The molecule has 4 nitrogen and oxygen atoms in total. The molecule has 1 aliphatic heterocycles. The summed E-state index contributed by atoms with van der Waals surface area (Å²) in [5.74, 6) is 0.829. The minimum Gasteiger partial charge on any atom is -0.494 e. The van der Waals surface area contributed by atoms with Gasteiger partial charge < -0.3 is 14.2 Å². The highest BCUT2D eigenvalue weighted by Gasteiger charge is 2.25. The highest BCUT2D eigenvalue weighted by Crippen LogP contribution is 2.24. The van der Waals surface area contributed by atoms with Crippen molar-refractivity contribution in [3.8, 4) is 17.2 Å². The third-order valence-corrected chi connectivity index (χ3v) is 4.41. The standard InChI is InChI=1S/C23H19F2NO3/c24-20-7-4-8-21(25)22(20)23-26-16(15-28-23)13-14-27-17-9-11-19(12-10-17)29-18-5-2-1-3-6-18/h1-12,16H,13-15H2. The van der Waals surface area contributed by atoms with Crippen LogP contribution in [0.3, 0.4) is 0 Å². The van der Waals surface area contributed by atoms with E-state index in [0.29, 0.717) is 24.5 Å². The Balaban J connectivity index is 1.29. The van der Waals surface area contributed by atoms with Gasteiger partial charge in [0.05, 0.1) is 12.6 Å². The number of benzene rings is 3. The molecule has 0 N–H and O–H groups in total. The van der Waals surface area contributed by atoms with Gasteiger partial charge in [-0.3, -0.25) is 0 Å². The van der Waals surface area contributed by atoms with Crippen LogP contribution in [0.1, 0.15) is 12.0 Å². The van der Waals surface area contributed by atoms with Crippen LogP contribution in [0.2, 0.25) is 0 Å². The van der Waals surface area contributed by atoms with Gasteiger partial charge in [-0.25, -0.2) is 13.8 Å². The molecule has 0 aromatic heterocycles. The van der Waals surface area contributed by atoms with Gasteiger partial charge in [-0.15, -0.1) is 0 Å². The molecule has 0 bridgehead atoms. The molecule has 3 aromatic rings. The van der Waals surface area contributed by atoms with Gasteiger partial charge in [0.2, 0.25) is 5.90 Å². The maximum atomic E-state index is 13.8. The van der Waals surface area contributed by atoms with Gasteiger partial charge in [0.1, 0.15) is 41.1 Å². The molecule has 6 heteroatoms. The minimum atomic E-state index is -0.682. The second-order valence-electron chi connectivity index (χ2n) is 6.52. The topological polar surface area (TPSA) is 40.0 Å². The zero-order valence-corrected chi connectivity index (χ0v) is 15.6. The summed E-state index contributed by atoms with van der Waals surface area (Å²) in [5, 5.41) is 0. The lowest BCUT2D eigenvalue weighted by Crippen LogP contribution is -2.11. The van der Waals surface area contributed by atoms with Crippen molar-refractivity contribution in [3.05, 3.63) is 90.0 Å². The van der Waals surface area contributed by atoms with E-state index in [1.807, 2.05) is 54.6 Å². The normalized spacial score (nSPS) is 15.5. The van der Waals surface area contributed by atoms with Gasteiger partial charge in [0.25, 0.3) is 0 Å². The molecule has 0 amide bonds. The van der Waals surface area contributed by atoms with Crippen LogP contribution in [0.4, 0.5) is 8.78 Å². The smallest absolute Gasteiger partial charge is 0.222 e. The van der Waals surface area contributed by atoms with Crippen LogP contribution in [0, 0.1) is 11.6 Å². The molecule has 1 atom stereocenters.